The zero-order chi connectivity index (χ0) is 19.3. The van der Waals surface area contributed by atoms with Gasteiger partial charge < -0.3 is 19.9 Å². The fraction of sp³-hybridized carbons (Fsp3) is 0.789. The fourth-order valence-electron chi connectivity index (χ4n) is 2.97. The molecule has 0 radical (unpaired) electrons. The predicted octanol–water partition coefficient (Wildman–Crippen LogP) is 2.65. The molecule has 0 aromatic heterocycles. The Morgan fingerprint density at radius 2 is 1.96 bits per heavy atom. The molecule has 6 nitrogen and oxygen atoms in total. The number of carbonyl (C=O) groups excluding carboxylic acids is 2. The van der Waals surface area contributed by atoms with Crippen LogP contribution >= 0.6 is 0 Å². The van der Waals surface area contributed by atoms with Crippen molar-refractivity contribution >= 4 is 12.0 Å². The van der Waals surface area contributed by atoms with E-state index < -0.39 is 5.60 Å². The Morgan fingerprint density at radius 1 is 1.32 bits per heavy atom. The van der Waals surface area contributed by atoms with Gasteiger partial charge in [-0.3, -0.25) is 4.79 Å². The summed E-state index contributed by atoms with van der Waals surface area (Å²) in [5.74, 6) is -0.0756. The maximum Gasteiger partial charge on any atom is 0.410 e. The predicted molar refractivity (Wildman–Crippen MR) is 100 cm³/mol. The summed E-state index contributed by atoms with van der Waals surface area (Å²) in [6, 6.07) is 0.0546. The Kier molecular flexibility index (Phi) is 7.47. The van der Waals surface area contributed by atoms with Gasteiger partial charge >= 0.3 is 6.09 Å². The van der Waals surface area contributed by atoms with E-state index in [-0.39, 0.29) is 23.5 Å². The van der Waals surface area contributed by atoms with Crippen LogP contribution in [0.25, 0.3) is 0 Å². The maximum atomic E-state index is 12.4. The Labute approximate surface area is 152 Å². The van der Waals surface area contributed by atoms with Gasteiger partial charge in [0.25, 0.3) is 0 Å². The van der Waals surface area contributed by atoms with Crippen LogP contribution in [-0.2, 0) is 9.53 Å². The number of hydrogen-bond donors (Lipinski definition) is 1. The molecule has 1 aliphatic rings. The second-order valence-electron chi connectivity index (χ2n) is 8.93. The van der Waals surface area contributed by atoms with Gasteiger partial charge in [0.1, 0.15) is 5.60 Å². The molecule has 1 rings (SSSR count). The smallest absolute Gasteiger partial charge is 0.410 e. The van der Waals surface area contributed by atoms with E-state index in [2.05, 4.69) is 19.2 Å². The Balaban J connectivity index is 2.65. The molecule has 1 saturated heterocycles. The van der Waals surface area contributed by atoms with Gasteiger partial charge in [-0.1, -0.05) is 19.9 Å². The molecule has 0 saturated carbocycles. The summed E-state index contributed by atoms with van der Waals surface area (Å²) in [6.07, 6.45) is 4.72. The van der Waals surface area contributed by atoms with Crippen molar-refractivity contribution in [1.82, 2.24) is 15.1 Å². The number of amides is 2. The molecular weight excluding hydrogens is 318 g/mol. The lowest BCUT2D eigenvalue weighted by Crippen LogP contribution is -2.41. The quantitative estimate of drug-likeness (QED) is 0.789. The van der Waals surface area contributed by atoms with Gasteiger partial charge in [-0.2, -0.15) is 0 Å². The van der Waals surface area contributed by atoms with E-state index in [1.807, 2.05) is 45.8 Å². The zero-order valence-corrected chi connectivity index (χ0v) is 16.9. The Morgan fingerprint density at radius 3 is 2.52 bits per heavy atom. The van der Waals surface area contributed by atoms with Gasteiger partial charge in [-0.05, 0) is 53.1 Å². The van der Waals surface area contributed by atoms with Crippen LogP contribution in [0.1, 0.15) is 47.5 Å². The molecule has 1 unspecified atom stereocenters. The van der Waals surface area contributed by atoms with Crippen LogP contribution in [0, 0.1) is 5.41 Å². The van der Waals surface area contributed by atoms with Crippen LogP contribution in [0.3, 0.4) is 0 Å². The van der Waals surface area contributed by atoms with Gasteiger partial charge in [0.2, 0.25) is 5.91 Å². The fourth-order valence-corrected chi connectivity index (χ4v) is 2.97. The normalized spacial score (nSPS) is 21.3. The number of rotatable bonds is 4. The van der Waals surface area contributed by atoms with Crippen molar-refractivity contribution in [2.45, 2.75) is 59.1 Å². The topological polar surface area (TPSA) is 61.9 Å². The van der Waals surface area contributed by atoms with Gasteiger partial charge in [-0.15, -0.1) is 0 Å². The number of ether oxygens (including phenoxy) is 1. The molecule has 0 aromatic rings. The second-order valence-corrected chi connectivity index (χ2v) is 8.93. The summed E-state index contributed by atoms with van der Waals surface area (Å²) < 4.78 is 5.50. The first-order chi connectivity index (χ1) is 11.4. The number of likely N-dealkylation sites (N-methyl/N-ethyl adjacent to an activating group) is 1. The SMILES string of the molecule is CN(C)C/C=C/C(=O)NC1CCN(C(=O)OC(C)(C)C)CC(C)(C)C1. The third-order valence-corrected chi connectivity index (χ3v) is 3.90. The first kappa shape index (κ1) is 21.5. The summed E-state index contributed by atoms with van der Waals surface area (Å²) in [5.41, 5.74) is -0.586. The number of nitrogens with one attached hydrogen (secondary N) is 1. The molecule has 1 N–H and O–H groups in total. The maximum absolute atomic E-state index is 12.4. The van der Waals surface area contributed by atoms with E-state index in [0.717, 1.165) is 19.4 Å². The van der Waals surface area contributed by atoms with E-state index in [9.17, 15) is 9.59 Å². The van der Waals surface area contributed by atoms with E-state index in [1.54, 1.807) is 11.0 Å². The molecule has 6 heteroatoms. The van der Waals surface area contributed by atoms with Crippen LogP contribution in [-0.4, -0.2) is 67.2 Å². The van der Waals surface area contributed by atoms with Crippen molar-refractivity contribution in [3.8, 4) is 0 Å². The molecule has 1 fully saturated rings. The number of nitrogens with zero attached hydrogens (tertiary/aromatic N) is 2. The summed E-state index contributed by atoms with van der Waals surface area (Å²) >= 11 is 0. The largest absolute Gasteiger partial charge is 0.444 e. The first-order valence-corrected chi connectivity index (χ1v) is 8.98. The van der Waals surface area contributed by atoms with E-state index in [1.165, 1.54) is 0 Å². The van der Waals surface area contributed by atoms with Crippen LogP contribution in [0.5, 0.6) is 0 Å². The average molecular weight is 354 g/mol. The molecule has 0 spiro atoms. The zero-order valence-electron chi connectivity index (χ0n) is 16.9. The minimum atomic E-state index is -0.502. The molecule has 1 atom stereocenters. The molecule has 1 aliphatic heterocycles. The molecule has 1 heterocycles. The Bertz CT molecular complexity index is 493. The number of likely N-dealkylation sites (tertiary alicyclic amines) is 1. The highest BCUT2D eigenvalue weighted by Gasteiger charge is 2.34. The van der Waals surface area contributed by atoms with Crippen LogP contribution in [0.4, 0.5) is 4.79 Å². The van der Waals surface area contributed by atoms with Crippen LogP contribution < -0.4 is 5.32 Å². The third kappa shape index (κ3) is 8.91. The number of hydrogen-bond acceptors (Lipinski definition) is 4. The van der Waals surface area contributed by atoms with Gasteiger partial charge in [-0.25, -0.2) is 4.79 Å². The molecule has 0 aromatic carbocycles. The molecule has 2 amide bonds. The first-order valence-electron chi connectivity index (χ1n) is 8.98. The lowest BCUT2D eigenvalue weighted by Gasteiger charge is -2.31. The van der Waals surface area contributed by atoms with Crippen molar-refractivity contribution in [2.75, 3.05) is 33.7 Å². The Hall–Kier alpha value is -1.56. The lowest BCUT2D eigenvalue weighted by molar-refractivity contribution is -0.117. The highest BCUT2D eigenvalue weighted by molar-refractivity contribution is 5.87. The standard InChI is InChI=1S/C19H35N3O3/c1-18(2,3)25-17(24)22-12-10-15(13-19(4,5)14-22)20-16(23)9-8-11-21(6)7/h8-9,15H,10-14H2,1-7H3,(H,20,23)/b9-8+. The monoisotopic (exact) mass is 353 g/mol. The summed E-state index contributed by atoms with van der Waals surface area (Å²) in [5, 5.41) is 3.07. The summed E-state index contributed by atoms with van der Waals surface area (Å²) in [4.78, 5) is 28.2. The van der Waals surface area contributed by atoms with Crippen molar-refractivity contribution < 1.29 is 14.3 Å². The van der Waals surface area contributed by atoms with Gasteiger partial charge in [0, 0.05) is 31.8 Å². The minimum Gasteiger partial charge on any atom is -0.444 e. The second kappa shape index (κ2) is 8.70. The van der Waals surface area contributed by atoms with Crippen LogP contribution in [0.2, 0.25) is 0 Å². The minimum absolute atomic E-state index is 0.0546. The van der Waals surface area contributed by atoms with Gasteiger partial charge in [0.15, 0.2) is 0 Å². The van der Waals surface area contributed by atoms with E-state index in [0.29, 0.717) is 13.1 Å². The lowest BCUT2D eigenvalue weighted by atomic mass is 9.86. The van der Waals surface area contributed by atoms with E-state index in [4.69, 9.17) is 4.74 Å². The summed E-state index contributed by atoms with van der Waals surface area (Å²) in [7, 11) is 3.92. The van der Waals surface area contributed by atoms with Crippen molar-refractivity contribution in [1.29, 1.82) is 0 Å². The molecule has 0 bridgehead atoms. The molecule has 0 aliphatic carbocycles. The highest BCUT2D eigenvalue weighted by atomic mass is 16.6. The summed E-state index contributed by atoms with van der Waals surface area (Å²) in [6.45, 7) is 11.8. The number of carbonyl (C=O) groups is 2. The molecule has 25 heavy (non-hydrogen) atoms. The molecular formula is C19H35N3O3. The van der Waals surface area contributed by atoms with Crippen LogP contribution in [0.15, 0.2) is 12.2 Å². The van der Waals surface area contributed by atoms with Crippen molar-refractivity contribution in [3.63, 3.8) is 0 Å². The van der Waals surface area contributed by atoms with Crippen molar-refractivity contribution in [3.05, 3.63) is 12.2 Å². The van der Waals surface area contributed by atoms with E-state index >= 15 is 0 Å². The molecule has 144 valence electrons. The van der Waals surface area contributed by atoms with Crippen molar-refractivity contribution in [2.24, 2.45) is 5.41 Å². The highest BCUT2D eigenvalue weighted by Crippen LogP contribution is 2.29. The van der Waals surface area contributed by atoms with Gasteiger partial charge in [0.05, 0.1) is 0 Å². The third-order valence-electron chi connectivity index (χ3n) is 3.90. The average Bonchev–Trinajstić information content (AvgIpc) is 2.54.